The Morgan fingerprint density at radius 3 is 2.50 bits per heavy atom. The number of nitrogens with zero attached hydrogens (tertiary/aromatic N) is 3. The second-order valence-corrected chi connectivity index (χ2v) is 5.91. The first-order valence-corrected chi connectivity index (χ1v) is 8.14. The molecule has 0 saturated heterocycles. The van der Waals surface area contributed by atoms with Crippen molar-refractivity contribution in [2.75, 3.05) is 7.05 Å². The molecule has 0 radical (unpaired) electrons. The average Bonchev–Trinajstić information content (AvgIpc) is 3.11. The lowest BCUT2D eigenvalue weighted by molar-refractivity contribution is -0.275. The van der Waals surface area contributed by atoms with E-state index in [9.17, 15) is 22.4 Å². The van der Waals surface area contributed by atoms with E-state index in [0.717, 1.165) is 0 Å². The molecule has 1 aromatic heterocycles. The second-order valence-electron chi connectivity index (χ2n) is 5.91. The van der Waals surface area contributed by atoms with Gasteiger partial charge >= 0.3 is 6.36 Å². The van der Waals surface area contributed by atoms with Crippen molar-refractivity contribution in [3.05, 3.63) is 77.9 Å². The van der Waals surface area contributed by atoms with Gasteiger partial charge in [0.15, 0.2) is 5.69 Å². The lowest BCUT2D eigenvalue weighted by Crippen LogP contribution is -2.27. The predicted octanol–water partition coefficient (Wildman–Crippen LogP) is 4.18. The number of rotatable bonds is 5. The van der Waals surface area contributed by atoms with E-state index >= 15 is 0 Å². The van der Waals surface area contributed by atoms with E-state index in [0.29, 0.717) is 0 Å². The summed E-state index contributed by atoms with van der Waals surface area (Å²) in [5.74, 6) is -1.42. The summed E-state index contributed by atoms with van der Waals surface area (Å²) in [6.45, 7) is -0.127. The Hall–Kier alpha value is -3.36. The van der Waals surface area contributed by atoms with Gasteiger partial charge in [0.2, 0.25) is 0 Å². The summed E-state index contributed by atoms with van der Waals surface area (Å²) >= 11 is 0. The molecule has 0 atom stereocenters. The molecule has 5 nitrogen and oxygen atoms in total. The van der Waals surface area contributed by atoms with Gasteiger partial charge in [-0.15, -0.1) is 13.2 Å². The summed E-state index contributed by atoms with van der Waals surface area (Å²) in [5, 5.41) is 4.06. The largest absolute Gasteiger partial charge is 0.573 e. The number of para-hydroxylation sites is 2. The second kappa shape index (κ2) is 7.71. The molecule has 0 unspecified atom stereocenters. The highest BCUT2D eigenvalue weighted by atomic mass is 19.4. The number of alkyl halides is 3. The Labute approximate surface area is 157 Å². The Balaban J connectivity index is 1.77. The molecule has 0 spiro atoms. The summed E-state index contributed by atoms with van der Waals surface area (Å²) < 4.78 is 56.7. The molecule has 28 heavy (non-hydrogen) atoms. The molecular weight excluding hydrogens is 378 g/mol. The van der Waals surface area contributed by atoms with Gasteiger partial charge in [0, 0.05) is 25.4 Å². The lowest BCUT2D eigenvalue weighted by Gasteiger charge is -2.19. The summed E-state index contributed by atoms with van der Waals surface area (Å²) in [4.78, 5) is 13.8. The minimum absolute atomic E-state index is 0.0278. The Bertz CT molecular complexity index is 985. The third kappa shape index (κ3) is 4.48. The van der Waals surface area contributed by atoms with Gasteiger partial charge in [0.05, 0.1) is 0 Å². The van der Waals surface area contributed by atoms with Crippen molar-refractivity contribution in [3.8, 4) is 11.4 Å². The van der Waals surface area contributed by atoms with Crippen LogP contribution in [0.4, 0.5) is 17.6 Å². The predicted molar refractivity (Wildman–Crippen MR) is 92.4 cm³/mol. The lowest BCUT2D eigenvalue weighted by atomic mass is 10.2. The molecule has 0 fully saturated rings. The molecule has 3 rings (SSSR count). The molecular formula is C19H15F4N3O2. The monoisotopic (exact) mass is 393 g/mol. The Kier molecular flexibility index (Phi) is 5.34. The first kappa shape index (κ1) is 19.4. The number of hydrogen-bond donors (Lipinski definition) is 0. The van der Waals surface area contributed by atoms with Crippen LogP contribution in [0.15, 0.2) is 60.8 Å². The summed E-state index contributed by atoms with van der Waals surface area (Å²) in [7, 11) is 1.43. The van der Waals surface area contributed by atoms with Crippen LogP contribution < -0.4 is 4.74 Å². The van der Waals surface area contributed by atoms with E-state index in [2.05, 4.69) is 9.84 Å². The topological polar surface area (TPSA) is 47.4 Å². The molecule has 9 heteroatoms. The number of halogens is 4. The van der Waals surface area contributed by atoms with Crippen molar-refractivity contribution in [1.29, 1.82) is 0 Å². The number of carbonyl (C=O) groups is 1. The average molecular weight is 393 g/mol. The quantitative estimate of drug-likeness (QED) is 0.611. The van der Waals surface area contributed by atoms with Crippen molar-refractivity contribution in [1.82, 2.24) is 14.7 Å². The first-order valence-electron chi connectivity index (χ1n) is 8.14. The SMILES string of the molecule is CN(Cc1ccccc1OC(F)(F)F)C(=O)c1ccn(-c2ccccc2F)n1. The maximum atomic E-state index is 13.8. The highest BCUT2D eigenvalue weighted by Gasteiger charge is 2.32. The van der Waals surface area contributed by atoms with Crippen molar-refractivity contribution in [3.63, 3.8) is 0 Å². The van der Waals surface area contributed by atoms with Crippen molar-refractivity contribution >= 4 is 5.91 Å². The summed E-state index contributed by atoms with van der Waals surface area (Å²) in [5.41, 5.74) is 0.386. The number of benzene rings is 2. The van der Waals surface area contributed by atoms with Gasteiger partial charge in [-0.25, -0.2) is 9.07 Å². The summed E-state index contributed by atoms with van der Waals surface area (Å²) in [6.07, 6.45) is -3.41. The third-order valence-corrected chi connectivity index (χ3v) is 3.86. The smallest absolute Gasteiger partial charge is 0.405 e. The van der Waals surface area contributed by atoms with Crippen LogP contribution in [-0.2, 0) is 6.54 Å². The van der Waals surface area contributed by atoms with E-state index in [4.69, 9.17) is 0 Å². The number of carbonyl (C=O) groups excluding carboxylic acids is 1. The van der Waals surface area contributed by atoms with Gasteiger partial charge in [0.25, 0.3) is 5.91 Å². The molecule has 0 N–H and O–H groups in total. The van der Waals surface area contributed by atoms with E-state index in [-0.39, 0.29) is 29.2 Å². The maximum Gasteiger partial charge on any atom is 0.573 e. The standard InChI is InChI=1S/C19H15F4N3O2/c1-25(12-13-6-2-5-9-17(13)28-19(21,22)23)18(27)15-10-11-26(24-15)16-8-4-3-7-14(16)20/h2-11H,12H2,1H3. The number of aromatic nitrogens is 2. The number of amides is 1. The molecule has 0 saturated carbocycles. The molecule has 0 aliphatic carbocycles. The third-order valence-electron chi connectivity index (χ3n) is 3.86. The van der Waals surface area contributed by atoms with E-state index < -0.39 is 18.1 Å². The van der Waals surface area contributed by atoms with Crippen molar-refractivity contribution < 1.29 is 27.1 Å². The molecule has 1 amide bonds. The van der Waals surface area contributed by atoms with Gasteiger partial charge in [0.1, 0.15) is 17.3 Å². The van der Waals surface area contributed by atoms with E-state index in [1.807, 2.05) is 0 Å². The molecule has 146 valence electrons. The highest BCUT2D eigenvalue weighted by Crippen LogP contribution is 2.27. The van der Waals surface area contributed by atoms with Gasteiger partial charge in [-0.3, -0.25) is 4.79 Å². The minimum Gasteiger partial charge on any atom is -0.405 e. The van der Waals surface area contributed by atoms with Gasteiger partial charge in [-0.1, -0.05) is 30.3 Å². The van der Waals surface area contributed by atoms with E-state index in [1.165, 1.54) is 65.3 Å². The molecule has 2 aromatic carbocycles. The highest BCUT2D eigenvalue weighted by molar-refractivity contribution is 5.92. The minimum atomic E-state index is -4.84. The fourth-order valence-corrected chi connectivity index (χ4v) is 2.59. The fourth-order valence-electron chi connectivity index (χ4n) is 2.59. The zero-order valence-corrected chi connectivity index (χ0v) is 14.7. The first-order chi connectivity index (χ1) is 13.2. The molecule has 3 aromatic rings. The van der Waals surface area contributed by atoms with Crippen LogP contribution in [-0.4, -0.2) is 34.0 Å². The zero-order chi connectivity index (χ0) is 20.3. The van der Waals surface area contributed by atoms with Crippen LogP contribution >= 0.6 is 0 Å². The van der Waals surface area contributed by atoms with Crippen LogP contribution in [0.25, 0.3) is 5.69 Å². The van der Waals surface area contributed by atoms with Crippen molar-refractivity contribution in [2.24, 2.45) is 0 Å². The van der Waals surface area contributed by atoms with Crippen LogP contribution in [0, 0.1) is 5.82 Å². The van der Waals surface area contributed by atoms with Crippen LogP contribution in [0.3, 0.4) is 0 Å². The summed E-state index contributed by atoms with van der Waals surface area (Å²) in [6, 6.07) is 12.9. The number of hydrogen-bond acceptors (Lipinski definition) is 3. The maximum absolute atomic E-state index is 13.8. The van der Waals surface area contributed by atoms with Gasteiger partial charge in [-0.05, 0) is 24.3 Å². The van der Waals surface area contributed by atoms with Crippen LogP contribution in [0.2, 0.25) is 0 Å². The van der Waals surface area contributed by atoms with Crippen molar-refractivity contribution in [2.45, 2.75) is 12.9 Å². The van der Waals surface area contributed by atoms with E-state index in [1.54, 1.807) is 12.1 Å². The van der Waals surface area contributed by atoms with Gasteiger partial charge < -0.3 is 9.64 Å². The molecule has 0 bridgehead atoms. The number of ether oxygens (including phenoxy) is 1. The van der Waals surface area contributed by atoms with Gasteiger partial charge in [-0.2, -0.15) is 5.10 Å². The Morgan fingerprint density at radius 1 is 1.11 bits per heavy atom. The molecule has 0 aliphatic rings. The van der Waals surface area contributed by atoms with Crippen LogP contribution in [0.5, 0.6) is 5.75 Å². The normalized spacial score (nSPS) is 11.3. The van der Waals surface area contributed by atoms with Crippen LogP contribution in [0.1, 0.15) is 16.1 Å². The molecule has 1 heterocycles. The Morgan fingerprint density at radius 2 is 1.79 bits per heavy atom. The zero-order valence-electron chi connectivity index (χ0n) is 14.7. The fraction of sp³-hybridized carbons (Fsp3) is 0.158. The molecule has 0 aliphatic heterocycles.